The van der Waals surface area contributed by atoms with E-state index in [1.807, 2.05) is 33.9 Å². The summed E-state index contributed by atoms with van der Waals surface area (Å²) in [7, 11) is 2.07. The Bertz CT molecular complexity index is 705. The zero-order valence-corrected chi connectivity index (χ0v) is 12.1. The van der Waals surface area contributed by atoms with Gasteiger partial charge in [0, 0.05) is 43.3 Å². The van der Waals surface area contributed by atoms with E-state index in [0.717, 1.165) is 37.1 Å². The standard InChI is InChI=1S/C16H18N4O/c1-18-7-9-19(10-8-18)16(21)12-20-6-5-14-13(11-17)3-2-4-15(14)20/h2-6H,7-10,12H2,1H3. The molecular weight excluding hydrogens is 264 g/mol. The fraction of sp³-hybridized carbons (Fsp3) is 0.375. The largest absolute Gasteiger partial charge is 0.339 e. The number of likely N-dealkylation sites (N-methyl/N-ethyl adjacent to an activating group) is 1. The van der Waals surface area contributed by atoms with Crippen molar-refractivity contribution >= 4 is 16.8 Å². The third-order valence-corrected chi connectivity index (χ3v) is 4.10. The van der Waals surface area contributed by atoms with E-state index >= 15 is 0 Å². The summed E-state index contributed by atoms with van der Waals surface area (Å²) in [6.07, 6.45) is 1.89. The number of nitriles is 1. The maximum absolute atomic E-state index is 12.4. The lowest BCUT2D eigenvalue weighted by Gasteiger charge is -2.32. The molecule has 0 spiro atoms. The van der Waals surface area contributed by atoms with Crippen LogP contribution in [0.25, 0.3) is 10.9 Å². The SMILES string of the molecule is CN1CCN(C(=O)Cn2ccc3c(C#N)cccc32)CC1. The molecule has 0 N–H and O–H groups in total. The zero-order chi connectivity index (χ0) is 14.8. The number of piperazine rings is 1. The number of nitrogens with zero attached hydrogens (tertiary/aromatic N) is 4. The first-order chi connectivity index (χ1) is 10.2. The highest BCUT2D eigenvalue weighted by molar-refractivity contribution is 5.87. The van der Waals surface area contributed by atoms with Gasteiger partial charge >= 0.3 is 0 Å². The molecule has 0 bridgehead atoms. The Balaban J connectivity index is 1.79. The summed E-state index contributed by atoms with van der Waals surface area (Å²) < 4.78 is 1.93. The summed E-state index contributed by atoms with van der Waals surface area (Å²) in [4.78, 5) is 16.5. The van der Waals surface area contributed by atoms with Crippen molar-refractivity contribution in [2.75, 3.05) is 33.2 Å². The first kappa shape index (κ1) is 13.7. The van der Waals surface area contributed by atoms with Gasteiger partial charge < -0.3 is 14.4 Å². The number of rotatable bonds is 2. The van der Waals surface area contributed by atoms with Gasteiger partial charge in [0.15, 0.2) is 0 Å². The second kappa shape index (κ2) is 5.58. The van der Waals surface area contributed by atoms with E-state index in [4.69, 9.17) is 5.26 Å². The van der Waals surface area contributed by atoms with Gasteiger partial charge in [-0.15, -0.1) is 0 Å². The second-order valence-corrected chi connectivity index (χ2v) is 5.48. The summed E-state index contributed by atoms with van der Waals surface area (Å²) in [6.45, 7) is 3.77. The van der Waals surface area contributed by atoms with Gasteiger partial charge in [0.25, 0.3) is 0 Å². The predicted molar refractivity (Wildman–Crippen MR) is 80.7 cm³/mol. The molecule has 1 aliphatic rings. The van der Waals surface area contributed by atoms with Crippen LogP contribution in [0.1, 0.15) is 5.56 Å². The molecule has 0 atom stereocenters. The minimum Gasteiger partial charge on any atom is -0.339 e. The smallest absolute Gasteiger partial charge is 0.242 e. The van der Waals surface area contributed by atoms with Crippen LogP contribution >= 0.6 is 0 Å². The number of hydrogen-bond donors (Lipinski definition) is 0. The Morgan fingerprint density at radius 3 is 2.71 bits per heavy atom. The maximum atomic E-state index is 12.4. The molecule has 3 rings (SSSR count). The van der Waals surface area contributed by atoms with E-state index in [2.05, 4.69) is 18.0 Å². The molecular formula is C16H18N4O. The van der Waals surface area contributed by atoms with Crippen LogP contribution in [0.5, 0.6) is 0 Å². The lowest BCUT2D eigenvalue weighted by atomic mass is 10.1. The van der Waals surface area contributed by atoms with Crippen molar-refractivity contribution < 1.29 is 4.79 Å². The van der Waals surface area contributed by atoms with Gasteiger partial charge in [0.05, 0.1) is 11.6 Å². The molecule has 2 aromatic rings. The van der Waals surface area contributed by atoms with E-state index in [1.165, 1.54) is 0 Å². The van der Waals surface area contributed by atoms with E-state index in [9.17, 15) is 4.79 Å². The van der Waals surface area contributed by atoms with E-state index in [0.29, 0.717) is 12.1 Å². The van der Waals surface area contributed by atoms with Crippen LogP contribution in [0.4, 0.5) is 0 Å². The quantitative estimate of drug-likeness (QED) is 0.834. The van der Waals surface area contributed by atoms with Gasteiger partial charge in [-0.1, -0.05) is 6.07 Å². The Morgan fingerprint density at radius 1 is 1.24 bits per heavy atom. The average molecular weight is 282 g/mol. The molecule has 5 heteroatoms. The highest BCUT2D eigenvalue weighted by atomic mass is 16.2. The van der Waals surface area contributed by atoms with Crippen LogP contribution in [-0.4, -0.2) is 53.5 Å². The Morgan fingerprint density at radius 2 is 2.00 bits per heavy atom. The molecule has 1 aliphatic heterocycles. The highest BCUT2D eigenvalue weighted by Crippen LogP contribution is 2.20. The Hall–Kier alpha value is -2.32. The van der Waals surface area contributed by atoms with Gasteiger partial charge in [0.1, 0.15) is 6.54 Å². The molecule has 2 heterocycles. The van der Waals surface area contributed by atoms with Crippen molar-refractivity contribution in [2.24, 2.45) is 0 Å². The lowest BCUT2D eigenvalue weighted by molar-refractivity contribution is -0.133. The van der Waals surface area contributed by atoms with Crippen molar-refractivity contribution in [2.45, 2.75) is 6.54 Å². The van der Waals surface area contributed by atoms with E-state index in [1.54, 1.807) is 6.07 Å². The van der Waals surface area contributed by atoms with Crippen LogP contribution in [0.3, 0.4) is 0 Å². The van der Waals surface area contributed by atoms with Gasteiger partial charge in [0.2, 0.25) is 5.91 Å². The summed E-state index contributed by atoms with van der Waals surface area (Å²) in [5.74, 6) is 0.142. The number of hydrogen-bond acceptors (Lipinski definition) is 3. The Kier molecular flexibility index (Phi) is 3.63. The van der Waals surface area contributed by atoms with Gasteiger partial charge in [-0.25, -0.2) is 0 Å². The van der Waals surface area contributed by atoms with Crippen LogP contribution in [0, 0.1) is 11.3 Å². The highest BCUT2D eigenvalue weighted by Gasteiger charge is 2.19. The summed E-state index contributed by atoms with van der Waals surface area (Å²) in [6, 6.07) is 9.71. The third kappa shape index (κ3) is 2.63. The Labute approximate surface area is 124 Å². The van der Waals surface area contributed by atoms with Gasteiger partial charge in [-0.05, 0) is 25.2 Å². The minimum absolute atomic E-state index is 0.142. The zero-order valence-electron chi connectivity index (χ0n) is 12.1. The fourth-order valence-electron chi connectivity index (χ4n) is 2.76. The molecule has 21 heavy (non-hydrogen) atoms. The lowest BCUT2D eigenvalue weighted by Crippen LogP contribution is -2.48. The van der Waals surface area contributed by atoms with Crippen LogP contribution in [0.2, 0.25) is 0 Å². The fourth-order valence-corrected chi connectivity index (χ4v) is 2.76. The van der Waals surface area contributed by atoms with Crippen molar-refractivity contribution in [1.82, 2.24) is 14.4 Å². The monoisotopic (exact) mass is 282 g/mol. The predicted octanol–water partition coefficient (Wildman–Crippen LogP) is 1.29. The number of benzene rings is 1. The van der Waals surface area contributed by atoms with Crippen LogP contribution in [-0.2, 0) is 11.3 Å². The molecule has 108 valence electrons. The topological polar surface area (TPSA) is 52.3 Å². The molecule has 0 aliphatic carbocycles. The number of carbonyl (C=O) groups is 1. The van der Waals surface area contributed by atoms with Crippen molar-refractivity contribution in [3.05, 3.63) is 36.0 Å². The van der Waals surface area contributed by atoms with E-state index in [-0.39, 0.29) is 5.91 Å². The molecule has 1 fully saturated rings. The van der Waals surface area contributed by atoms with Crippen LogP contribution < -0.4 is 0 Å². The van der Waals surface area contributed by atoms with Crippen molar-refractivity contribution in [1.29, 1.82) is 5.26 Å². The van der Waals surface area contributed by atoms with Crippen LogP contribution in [0.15, 0.2) is 30.5 Å². The molecule has 1 aromatic carbocycles. The molecule has 0 radical (unpaired) electrons. The molecule has 0 saturated carbocycles. The second-order valence-electron chi connectivity index (χ2n) is 5.48. The number of fused-ring (bicyclic) bond motifs is 1. The first-order valence-corrected chi connectivity index (χ1v) is 7.13. The average Bonchev–Trinajstić information content (AvgIpc) is 2.91. The molecule has 5 nitrogen and oxygen atoms in total. The van der Waals surface area contributed by atoms with E-state index < -0.39 is 0 Å². The van der Waals surface area contributed by atoms with Crippen molar-refractivity contribution in [3.63, 3.8) is 0 Å². The van der Waals surface area contributed by atoms with Gasteiger partial charge in [-0.3, -0.25) is 4.79 Å². The number of carbonyl (C=O) groups excluding carboxylic acids is 1. The van der Waals surface area contributed by atoms with Crippen molar-refractivity contribution in [3.8, 4) is 6.07 Å². The first-order valence-electron chi connectivity index (χ1n) is 7.13. The minimum atomic E-state index is 0.142. The molecule has 1 aromatic heterocycles. The summed E-state index contributed by atoms with van der Waals surface area (Å²) in [5.41, 5.74) is 1.59. The molecule has 1 saturated heterocycles. The number of amides is 1. The molecule has 1 amide bonds. The van der Waals surface area contributed by atoms with Gasteiger partial charge in [-0.2, -0.15) is 5.26 Å². The number of aromatic nitrogens is 1. The molecule has 0 unspecified atom stereocenters. The third-order valence-electron chi connectivity index (χ3n) is 4.10. The maximum Gasteiger partial charge on any atom is 0.242 e. The summed E-state index contributed by atoms with van der Waals surface area (Å²) in [5, 5.41) is 10.0. The normalized spacial score (nSPS) is 16.1. The summed E-state index contributed by atoms with van der Waals surface area (Å²) >= 11 is 0.